The summed E-state index contributed by atoms with van der Waals surface area (Å²) in [6.45, 7) is 1.46. The van der Waals surface area contributed by atoms with Crippen molar-refractivity contribution in [1.29, 1.82) is 5.26 Å². The molecule has 3 nitrogen and oxygen atoms in total. The smallest absolute Gasteiger partial charge is 0.155 e. The van der Waals surface area contributed by atoms with E-state index in [1.165, 1.54) is 6.92 Å². The lowest BCUT2D eigenvalue weighted by atomic mass is 10.5. The molecule has 3 heteroatoms. The van der Waals surface area contributed by atoms with Crippen LogP contribution in [0, 0.1) is 11.3 Å². The van der Waals surface area contributed by atoms with Crippen molar-refractivity contribution in [1.82, 2.24) is 0 Å². The number of ketones is 1. The molecule has 0 fully saturated rings. The zero-order valence-electron chi connectivity index (χ0n) is 4.68. The molecule has 0 unspecified atom stereocenters. The Morgan fingerprint density at radius 1 is 1.88 bits per heavy atom. The van der Waals surface area contributed by atoms with E-state index >= 15 is 0 Å². The van der Waals surface area contributed by atoms with Gasteiger partial charge in [-0.15, -0.1) is 0 Å². The molecule has 0 N–H and O–H groups in total. The highest BCUT2D eigenvalue weighted by atomic mass is 16.5. The SMILES string of the molecule is CC(=O)COCC#N. The number of carbonyl (C=O) groups is 1. The van der Waals surface area contributed by atoms with Crippen LogP contribution in [0.5, 0.6) is 0 Å². The first kappa shape index (κ1) is 7.12. The average molecular weight is 113 g/mol. The Kier molecular flexibility index (Phi) is 3.81. The Bertz CT molecular complexity index is 114. The van der Waals surface area contributed by atoms with Gasteiger partial charge < -0.3 is 4.74 Å². The summed E-state index contributed by atoms with van der Waals surface area (Å²) >= 11 is 0. The lowest BCUT2D eigenvalue weighted by Gasteiger charge is -1.89. The van der Waals surface area contributed by atoms with Crippen LogP contribution in [0.4, 0.5) is 0 Å². The van der Waals surface area contributed by atoms with Gasteiger partial charge in [0.15, 0.2) is 5.78 Å². The fourth-order valence-electron chi connectivity index (χ4n) is 0.240. The van der Waals surface area contributed by atoms with Crippen LogP contribution >= 0.6 is 0 Å². The Morgan fingerprint density at radius 3 is 2.88 bits per heavy atom. The maximum absolute atomic E-state index is 10.1. The van der Waals surface area contributed by atoms with E-state index in [1.54, 1.807) is 6.07 Å². The van der Waals surface area contributed by atoms with Crippen molar-refractivity contribution in [2.75, 3.05) is 13.2 Å². The number of nitriles is 1. The number of carbonyl (C=O) groups excluding carboxylic acids is 1. The number of nitrogens with zero attached hydrogens (tertiary/aromatic N) is 1. The molecule has 0 heterocycles. The number of rotatable bonds is 3. The summed E-state index contributed by atoms with van der Waals surface area (Å²) in [6.07, 6.45) is 0. The topological polar surface area (TPSA) is 50.1 Å². The fraction of sp³-hybridized carbons (Fsp3) is 0.600. The summed E-state index contributed by atoms with van der Waals surface area (Å²) in [7, 11) is 0. The summed E-state index contributed by atoms with van der Waals surface area (Å²) in [5, 5.41) is 7.89. The van der Waals surface area contributed by atoms with Gasteiger partial charge in [-0.1, -0.05) is 0 Å². The van der Waals surface area contributed by atoms with Gasteiger partial charge in [-0.25, -0.2) is 0 Å². The molecule has 0 atom stereocenters. The minimum Gasteiger partial charge on any atom is -0.359 e. The fourth-order valence-corrected chi connectivity index (χ4v) is 0.240. The van der Waals surface area contributed by atoms with Crippen molar-refractivity contribution in [3.05, 3.63) is 0 Å². The van der Waals surface area contributed by atoms with E-state index in [4.69, 9.17) is 5.26 Å². The third-order valence-electron chi connectivity index (χ3n) is 0.472. The van der Waals surface area contributed by atoms with E-state index in [1.807, 2.05) is 0 Å². The van der Waals surface area contributed by atoms with Crippen LogP contribution in [-0.4, -0.2) is 19.0 Å². The Labute approximate surface area is 47.9 Å². The predicted octanol–water partition coefficient (Wildman–Crippen LogP) is 0.116. The average Bonchev–Trinajstić information content (AvgIpc) is 1.66. The molecule has 0 aliphatic carbocycles. The van der Waals surface area contributed by atoms with Gasteiger partial charge in [-0.2, -0.15) is 5.26 Å². The predicted molar refractivity (Wildman–Crippen MR) is 27.1 cm³/mol. The molecule has 0 radical (unpaired) electrons. The van der Waals surface area contributed by atoms with Gasteiger partial charge in [0.2, 0.25) is 0 Å². The molecule has 0 bridgehead atoms. The van der Waals surface area contributed by atoms with Crippen molar-refractivity contribution in [2.24, 2.45) is 0 Å². The summed E-state index contributed by atoms with van der Waals surface area (Å²) in [4.78, 5) is 10.1. The molecule has 0 aliphatic heterocycles. The molecule has 0 saturated carbocycles. The van der Waals surface area contributed by atoms with Crippen LogP contribution in [0.3, 0.4) is 0 Å². The van der Waals surface area contributed by atoms with Crippen molar-refractivity contribution >= 4 is 5.78 Å². The third-order valence-corrected chi connectivity index (χ3v) is 0.472. The zero-order chi connectivity index (χ0) is 6.41. The largest absolute Gasteiger partial charge is 0.359 e. The minimum atomic E-state index is -0.0553. The number of ether oxygens (including phenoxy) is 1. The van der Waals surface area contributed by atoms with Gasteiger partial charge in [-0.3, -0.25) is 4.79 Å². The first-order valence-electron chi connectivity index (χ1n) is 2.21. The summed E-state index contributed by atoms with van der Waals surface area (Å²) in [6, 6.07) is 1.75. The van der Waals surface area contributed by atoms with Gasteiger partial charge in [0.1, 0.15) is 13.2 Å². The van der Waals surface area contributed by atoms with E-state index in [-0.39, 0.29) is 19.0 Å². The normalized spacial score (nSPS) is 8.00. The number of hydrogen-bond donors (Lipinski definition) is 0. The maximum Gasteiger partial charge on any atom is 0.155 e. The van der Waals surface area contributed by atoms with Gasteiger partial charge in [0.25, 0.3) is 0 Å². The molecule has 0 rings (SSSR count). The number of Topliss-reactive ketones (excluding diaryl/α,β-unsaturated/α-hetero) is 1. The summed E-state index contributed by atoms with van der Waals surface area (Å²) in [5.41, 5.74) is 0. The van der Waals surface area contributed by atoms with Gasteiger partial charge >= 0.3 is 0 Å². The first-order chi connectivity index (χ1) is 3.77. The highest BCUT2D eigenvalue weighted by Crippen LogP contribution is 1.72. The van der Waals surface area contributed by atoms with Crippen molar-refractivity contribution in [3.8, 4) is 6.07 Å². The molecule has 0 aromatic carbocycles. The molecule has 0 aliphatic rings. The van der Waals surface area contributed by atoms with Crippen LogP contribution in [-0.2, 0) is 9.53 Å². The van der Waals surface area contributed by atoms with Crippen molar-refractivity contribution < 1.29 is 9.53 Å². The van der Waals surface area contributed by atoms with Crippen LogP contribution in [0.15, 0.2) is 0 Å². The van der Waals surface area contributed by atoms with E-state index in [9.17, 15) is 4.79 Å². The van der Waals surface area contributed by atoms with Gasteiger partial charge in [0.05, 0.1) is 6.07 Å². The highest BCUT2D eigenvalue weighted by Gasteiger charge is 1.88. The van der Waals surface area contributed by atoms with Crippen molar-refractivity contribution in [3.63, 3.8) is 0 Å². The number of hydrogen-bond acceptors (Lipinski definition) is 3. The molecular formula is C5H7NO2. The maximum atomic E-state index is 10.1. The first-order valence-corrected chi connectivity index (χ1v) is 2.21. The molecule has 0 aromatic heterocycles. The summed E-state index contributed by atoms with van der Waals surface area (Å²) < 4.78 is 4.53. The van der Waals surface area contributed by atoms with Crippen LogP contribution < -0.4 is 0 Å². The molecule has 0 spiro atoms. The minimum absolute atomic E-state index is 0.000417. The zero-order valence-corrected chi connectivity index (χ0v) is 4.68. The van der Waals surface area contributed by atoms with Gasteiger partial charge in [0, 0.05) is 0 Å². The van der Waals surface area contributed by atoms with E-state index in [0.717, 1.165) is 0 Å². The van der Waals surface area contributed by atoms with Crippen LogP contribution in [0.1, 0.15) is 6.92 Å². The third kappa shape index (κ3) is 5.12. The highest BCUT2D eigenvalue weighted by molar-refractivity contribution is 5.76. The van der Waals surface area contributed by atoms with Crippen molar-refractivity contribution in [2.45, 2.75) is 6.92 Å². The second kappa shape index (κ2) is 4.28. The Morgan fingerprint density at radius 2 is 2.50 bits per heavy atom. The molecular weight excluding hydrogens is 106 g/mol. The second-order valence-electron chi connectivity index (χ2n) is 1.35. The second-order valence-corrected chi connectivity index (χ2v) is 1.35. The Balaban J connectivity index is 2.97. The monoisotopic (exact) mass is 113 g/mol. The molecule has 0 amide bonds. The van der Waals surface area contributed by atoms with Crippen LogP contribution in [0.2, 0.25) is 0 Å². The van der Waals surface area contributed by atoms with E-state index < -0.39 is 0 Å². The molecule has 44 valence electrons. The van der Waals surface area contributed by atoms with E-state index in [0.29, 0.717) is 0 Å². The van der Waals surface area contributed by atoms with E-state index in [2.05, 4.69) is 4.74 Å². The van der Waals surface area contributed by atoms with Crippen LogP contribution in [0.25, 0.3) is 0 Å². The molecule has 8 heavy (non-hydrogen) atoms. The Hall–Kier alpha value is -0.880. The molecule has 0 aromatic rings. The molecule has 0 saturated heterocycles. The standard InChI is InChI=1S/C5H7NO2/c1-5(7)4-8-3-2-6/h3-4H2,1H3. The lowest BCUT2D eigenvalue weighted by Crippen LogP contribution is -2.03. The quantitative estimate of drug-likeness (QED) is 0.488. The summed E-state index contributed by atoms with van der Waals surface area (Å²) in [5.74, 6) is -0.0553. The lowest BCUT2D eigenvalue weighted by molar-refractivity contribution is -0.120. The van der Waals surface area contributed by atoms with Gasteiger partial charge in [-0.05, 0) is 6.92 Å².